The average molecular weight is 293 g/mol. The molecule has 1 saturated carbocycles. The molecule has 0 spiro atoms. The molecule has 2 unspecified atom stereocenters. The summed E-state index contributed by atoms with van der Waals surface area (Å²) in [6, 6.07) is 7.09. The molecular formula is C17H25ClN2. The van der Waals surface area contributed by atoms with Gasteiger partial charge in [-0.2, -0.15) is 0 Å². The predicted molar refractivity (Wildman–Crippen MR) is 86.5 cm³/mol. The maximum absolute atomic E-state index is 6.24. The van der Waals surface area contributed by atoms with Gasteiger partial charge in [0.25, 0.3) is 0 Å². The second kappa shape index (κ2) is 5.23. The van der Waals surface area contributed by atoms with Crippen LogP contribution < -0.4 is 10.2 Å². The van der Waals surface area contributed by atoms with Crippen LogP contribution in [0.5, 0.6) is 0 Å². The van der Waals surface area contributed by atoms with E-state index in [1.165, 1.54) is 37.1 Å². The van der Waals surface area contributed by atoms with Gasteiger partial charge >= 0.3 is 0 Å². The molecule has 1 heterocycles. The molecule has 2 fully saturated rings. The highest BCUT2D eigenvalue weighted by Crippen LogP contribution is 2.41. The number of nitrogens with zero attached hydrogens (tertiary/aromatic N) is 1. The zero-order valence-electron chi connectivity index (χ0n) is 12.7. The lowest BCUT2D eigenvalue weighted by atomic mass is 10.0. The standard InChI is InChI=1S/C17H25ClN2/c1-17(2,3)19-10-13-5-6-14(18)9-16(13)20-11-12-4-7-15(20)8-12/h5-6,9,12,15,19H,4,7-8,10-11H2,1-3H3. The highest BCUT2D eigenvalue weighted by atomic mass is 35.5. The van der Waals surface area contributed by atoms with Crippen LogP contribution in [0.3, 0.4) is 0 Å². The molecule has 3 heteroatoms. The lowest BCUT2D eigenvalue weighted by Gasteiger charge is -2.32. The number of fused-ring (bicyclic) bond motifs is 2. The Morgan fingerprint density at radius 2 is 2.10 bits per heavy atom. The summed E-state index contributed by atoms with van der Waals surface area (Å²) >= 11 is 6.24. The zero-order chi connectivity index (χ0) is 14.3. The lowest BCUT2D eigenvalue weighted by molar-refractivity contribution is 0.424. The number of benzene rings is 1. The maximum atomic E-state index is 6.24. The summed E-state index contributed by atoms with van der Waals surface area (Å²) in [5, 5.41) is 4.45. The summed E-state index contributed by atoms with van der Waals surface area (Å²) in [6.45, 7) is 8.75. The molecule has 1 aliphatic heterocycles. The largest absolute Gasteiger partial charge is 0.368 e. The first kappa shape index (κ1) is 14.2. The quantitative estimate of drug-likeness (QED) is 0.897. The molecule has 0 amide bonds. The SMILES string of the molecule is CC(C)(C)NCc1ccc(Cl)cc1N1CC2CCC1C2. The molecule has 1 aromatic rings. The Balaban J connectivity index is 1.83. The summed E-state index contributed by atoms with van der Waals surface area (Å²) in [7, 11) is 0. The Morgan fingerprint density at radius 3 is 2.70 bits per heavy atom. The second-order valence-corrected chi connectivity index (χ2v) is 7.80. The van der Waals surface area contributed by atoms with E-state index in [0.717, 1.165) is 23.5 Å². The van der Waals surface area contributed by atoms with Gasteiger partial charge < -0.3 is 10.2 Å². The second-order valence-electron chi connectivity index (χ2n) is 7.36. The van der Waals surface area contributed by atoms with Gasteiger partial charge in [-0.05, 0) is 63.6 Å². The molecule has 110 valence electrons. The molecular weight excluding hydrogens is 268 g/mol. The fraction of sp³-hybridized carbons (Fsp3) is 0.647. The third-order valence-corrected chi connectivity index (χ3v) is 4.81. The first-order valence-corrected chi connectivity index (χ1v) is 8.10. The zero-order valence-corrected chi connectivity index (χ0v) is 13.5. The molecule has 3 rings (SSSR count). The molecule has 0 aromatic heterocycles. The van der Waals surface area contributed by atoms with Crippen LogP contribution in [-0.4, -0.2) is 18.1 Å². The van der Waals surface area contributed by atoms with Crippen molar-refractivity contribution in [3.63, 3.8) is 0 Å². The van der Waals surface area contributed by atoms with E-state index < -0.39 is 0 Å². The average Bonchev–Trinajstić information content (AvgIpc) is 2.98. The number of piperidine rings is 1. The number of nitrogens with one attached hydrogen (secondary N) is 1. The van der Waals surface area contributed by atoms with Gasteiger partial charge in [0.2, 0.25) is 0 Å². The van der Waals surface area contributed by atoms with E-state index in [1.807, 2.05) is 6.07 Å². The fourth-order valence-corrected chi connectivity index (χ4v) is 3.70. The molecule has 2 atom stereocenters. The van der Waals surface area contributed by atoms with E-state index in [-0.39, 0.29) is 5.54 Å². The van der Waals surface area contributed by atoms with Gasteiger partial charge in [0.05, 0.1) is 0 Å². The summed E-state index contributed by atoms with van der Waals surface area (Å²) < 4.78 is 0. The minimum atomic E-state index is 0.140. The van der Waals surface area contributed by atoms with E-state index >= 15 is 0 Å². The molecule has 2 nitrogen and oxygen atoms in total. The molecule has 2 bridgehead atoms. The van der Waals surface area contributed by atoms with Crippen molar-refractivity contribution < 1.29 is 0 Å². The van der Waals surface area contributed by atoms with Gasteiger partial charge in [-0.3, -0.25) is 0 Å². The highest BCUT2D eigenvalue weighted by Gasteiger charge is 2.38. The van der Waals surface area contributed by atoms with Crippen LogP contribution in [0.1, 0.15) is 45.6 Å². The molecule has 1 aliphatic carbocycles. The van der Waals surface area contributed by atoms with Crippen molar-refractivity contribution >= 4 is 17.3 Å². The summed E-state index contributed by atoms with van der Waals surface area (Å²) in [4.78, 5) is 2.60. The van der Waals surface area contributed by atoms with Crippen LogP contribution >= 0.6 is 11.6 Å². The van der Waals surface area contributed by atoms with Gasteiger partial charge in [0.15, 0.2) is 0 Å². The van der Waals surface area contributed by atoms with Crippen LogP contribution in [0.15, 0.2) is 18.2 Å². The van der Waals surface area contributed by atoms with Crippen LogP contribution in [0.4, 0.5) is 5.69 Å². The predicted octanol–water partition coefficient (Wildman–Crippen LogP) is 4.22. The number of rotatable bonds is 3. The Kier molecular flexibility index (Phi) is 3.72. The van der Waals surface area contributed by atoms with Gasteiger partial charge in [-0.15, -0.1) is 0 Å². The third kappa shape index (κ3) is 2.96. The van der Waals surface area contributed by atoms with Gasteiger partial charge in [-0.1, -0.05) is 17.7 Å². The third-order valence-electron chi connectivity index (χ3n) is 4.58. The monoisotopic (exact) mass is 292 g/mol. The molecule has 2 aliphatic rings. The molecule has 1 saturated heterocycles. The Bertz CT molecular complexity index is 492. The fourth-order valence-electron chi connectivity index (χ4n) is 3.53. The Hall–Kier alpha value is -0.730. The van der Waals surface area contributed by atoms with Crippen molar-refractivity contribution in [1.82, 2.24) is 5.32 Å². The van der Waals surface area contributed by atoms with Crippen LogP contribution in [0.2, 0.25) is 5.02 Å². The van der Waals surface area contributed by atoms with Crippen LogP contribution in [0.25, 0.3) is 0 Å². The first-order chi connectivity index (χ1) is 9.42. The van der Waals surface area contributed by atoms with E-state index in [1.54, 1.807) is 0 Å². The molecule has 1 N–H and O–H groups in total. The number of hydrogen-bond acceptors (Lipinski definition) is 2. The molecule has 1 aromatic carbocycles. The minimum absolute atomic E-state index is 0.140. The maximum Gasteiger partial charge on any atom is 0.0429 e. The van der Waals surface area contributed by atoms with E-state index in [4.69, 9.17) is 11.6 Å². The molecule has 0 radical (unpaired) electrons. The first-order valence-electron chi connectivity index (χ1n) is 7.72. The van der Waals surface area contributed by atoms with E-state index in [9.17, 15) is 0 Å². The number of hydrogen-bond donors (Lipinski definition) is 1. The highest BCUT2D eigenvalue weighted by molar-refractivity contribution is 6.30. The van der Waals surface area contributed by atoms with Gasteiger partial charge in [-0.25, -0.2) is 0 Å². The minimum Gasteiger partial charge on any atom is -0.368 e. The Labute approximate surface area is 127 Å². The summed E-state index contributed by atoms with van der Waals surface area (Å²) in [5.74, 6) is 0.905. The topological polar surface area (TPSA) is 15.3 Å². The van der Waals surface area contributed by atoms with Crippen molar-refractivity contribution in [3.8, 4) is 0 Å². The number of anilines is 1. The van der Waals surface area contributed by atoms with E-state index in [0.29, 0.717) is 0 Å². The van der Waals surface area contributed by atoms with Gasteiger partial charge in [0.1, 0.15) is 0 Å². The normalized spacial score (nSPS) is 25.5. The van der Waals surface area contributed by atoms with Gasteiger partial charge in [0, 0.05) is 35.4 Å². The van der Waals surface area contributed by atoms with Crippen molar-refractivity contribution in [2.45, 2.75) is 58.2 Å². The lowest BCUT2D eigenvalue weighted by Crippen LogP contribution is -2.37. The van der Waals surface area contributed by atoms with Crippen molar-refractivity contribution in [2.75, 3.05) is 11.4 Å². The smallest absolute Gasteiger partial charge is 0.0429 e. The molecule has 20 heavy (non-hydrogen) atoms. The Morgan fingerprint density at radius 1 is 1.30 bits per heavy atom. The van der Waals surface area contributed by atoms with Crippen molar-refractivity contribution in [2.24, 2.45) is 5.92 Å². The van der Waals surface area contributed by atoms with Crippen molar-refractivity contribution in [1.29, 1.82) is 0 Å². The van der Waals surface area contributed by atoms with E-state index in [2.05, 4.69) is 43.1 Å². The summed E-state index contributed by atoms with van der Waals surface area (Å²) in [6.07, 6.45) is 4.14. The van der Waals surface area contributed by atoms with Crippen LogP contribution in [-0.2, 0) is 6.54 Å². The number of halogens is 1. The van der Waals surface area contributed by atoms with Crippen molar-refractivity contribution in [3.05, 3.63) is 28.8 Å². The summed E-state index contributed by atoms with van der Waals surface area (Å²) in [5.41, 5.74) is 2.86. The van der Waals surface area contributed by atoms with Crippen LogP contribution in [0, 0.1) is 5.92 Å².